The SMILES string of the molecule is Cc1cc(C)cc(NC(=O)[C@@H]2CC3c4ccccc4C2c2ccccc23)c1. The maximum Gasteiger partial charge on any atom is 0.228 e. The van der Waals surface area contributed by atoms with Crippen molar-refractivity contribution in [2.24, 2.45) is 5.92 Å². The van der Waals surface area contributed by atoms with E-state index < -0.39 is 0 Å². The Labute approximate surface area is 160 Å². The zero-order chi connectivity index (χ0) is 18.5. The molecular weight excluding hydrogens is 330 g/mol. The molecule has 0 spiro atoms. The van der Waals surface area contributed by atoms with E-state index in [1.165, 1.54) is 33.4 Å². The molecular formula is C25H23NO. The summed E-state index contributed by atoms with van der Waals surface area (Å²) in [7, 11) is 0. The van der Waals surface area contributed by atoms with Crippen LogP contribution in [-0.4, -0.2) is 5.91 Å². The summed E-state index contributed by atoms with van der Waals surface area (Å²) < 4.78 is 0. The lowest BCUT2D eigenvalue weighted by Gasteiger charge is -2.44. The Hall–Kier alpha value is -2.87. The first-order chi connectivity index (χ1) is 13.1. The average molecular weight is 353 g/mol. The highest BCUT2D eigenvalue weighted by atomic mass is 16.1. The fourth-order valence-corrected chi connectivity index (χ4v) is 5.18. The number of fused-ring (bicyclic) bond motifs is 1. The van der Waals surface area contributed by atoms with E-state index in [1.54, 1.807) is 0 Å². The topological polar surface area (TPSA) is 29.1 Å². The van der Waals surface area contributed by atoms with Gasteiger partial charge in [0.15, 0.2) is 0 Å². The van der Waals surface area contributed by atoms with Gasteiger partial charge < -0.3 is 5.32 Å². The zero-order valence-corrected chi connectivity index (χ0v) is 15.7. The lowest BCUT2D eigenvalue weighted by Crippen LogP contribution is -2.38. The highest BCUT2D eigenvalue weighted by Gasteiger charge is 2.45. The lowest BCUT2D eigenvalue weighted by molar-refractivity contribution is -0.121. The molecule has 3 aromatic rings. The molecule has 3 aromatic carbocycles. The molecule has 2 bridgehead atoms. The van der Waals surface area contributed by atoms with Crippen LogP contribution in [0.2, 0.25) is 0 Å². The fraction of sp³-hybridized carbons (Fsp3) is 0.240. The molecule has 6 rings (SSSR count). The first kappa shape index (κ1) is 16.3. The molecule has 3 aliphatic carbocycles. The number of carbonyl (C=O) groups is 1. The summed E-state index contributed by atoms with van der Waals surface area (Å²) in [5, 5.41) is 3.20. The number of carbonyl (C=O) groups excluding carboxylic acids is 1. The second-order valence-electron chi connectivity index (χ2n) is 8.00. The fourth-order valence-electron chi connectivity index (χ4n) is 5.18. The molecule has 0 aliphatic heterocycles. The molecule has 1 atom stereocenters. The van der Waals surface area contributed by atoms with Crippen molar-refractivity contribution in [2.45, 2.75) is 32.1 Å². The summed E-state index contributed by atoms with van der Waals surface area (Å²) in [4.78, 5) is 13.3. The standard InChI is InChI=1S/C25H23NO/c1-15-11-16(2)13-17(12-15)26-25(27)23-14-22-18-7-3-5-9-20(18)24(23)21-10-6-4-8-19(21)22/h3-13,22-24H,14H2,1-2H3,(H,26,27)/t22?,23-,24?/m1/s1. The van der Waals surface area contributed by atoms with Crippen molar-refractivity contribution in [2.75, 3.05) is 5.32 Å². The average Bonchev–Trinajstić information content (AvgIpc) is 2.67. The van der Waals surface area contributed by atoms with Gasteiger partial charge in [-0.1, -0.05) is 54.6 Å². The number of anilines is 1. The second-order valence-corrected chi connectivity index (χ2v) is 8.00. The highest BCUT2D eigenvalue weighted by molar-refractivity contribution is 5.94. The maximum absolute atomic E-state index is 13.3. The molecule has 2 nitrogen and oxygen atoms in total. The third kappa shape index (κ3) is 2.59. The van der Waals surface area contributed by atoms with Crippen LogP contribution in [0.15, 0.2) is 66.7 Å². The third-order valence-corrected chi connectivity index (χ3v) is 6.13. The summed E-state index contributed by atoms with van der Waals surface area (Å²) in [6.07, 6.45) is 0.884. The monoisotopic (exact) mass is 353 g/mol. The molecule has 0 saturated carbocycles. The van der Waals surface area contributed by atoms with Crippen LogP contribution in [0, 0.1) is 19.8 Å². The van der Waals surface area contributed by atoms with E-state index in [0.717, 1.165) is 12.1 Å². The number of nitrogens with one attached hydrogen (secondary N) is 1. The lowest BCUT2D eigenvalue weighted by atomic mass is 9.59. The van der Waals surface area contributed by atoms with Gasteiger partial charge in [-0.05, 0) is 65.8 Å². The van der Waals surface area contributed by atoms with Crippen LogP contribution in [0.5, 0.6) is 0 Å². The van der Waals surface area contributed by atoms with E-state index in [2.05, 4.69) is 73.8 Å². The van der Waals surface area contributed by atoms with Crippen molar-refractivity contribution in [3.63, 3.8) is 0 Å². The van der Waals surface area contributed by atoms with E-state index in [9.17, 15) is 4.79 Å². The van der Waals surface area contributed by atoms with E-state index in [0.29, 0.717) is 5.92 Å². The maximum atomic E-state index is 13.3. The van der Waals surface area contributed by atoms with Gasteiger partial charge in [-0.3, -0.25) is 4.79 Å². The molecule has 0 saturated heterocycles. The van der Waals surface area contributed by atoms with Crippen molar-refractivity contribution in [1.82, 2.24) is 0 Å². The van der Waals surface area contributed by atoms with E-state index in [1.807, 2.05) is 12.1 Å². The quantitative estimate of drug-likeness (QED) is 0.644. The smallest absolute Gasteiger partial charge is 0.228 e. The summed E-state index contributed by atoms with van der Waals surface area (Å²) in [5.41, 5.74) is 8.70. The predicted molar refractivity (Wildman–Crippen MR) is 109 cm³/mol. The summed E-state index contributed by atoms with van der Waals surface area (Å²) in [5.74, 6) is 0.574. The van der Waals surface area contributed by atoms with Crippen molar-refractivity contribution >= 4 is 11.6 Å². The first-order valence-electron chi connectivity index (χ1n) is 9.68. The van der Waals surface area contributed by atoms with E-state index in [4.69, 9.17) is 0 Å². The Balaban J connectivity index is 1.54. The number of amides is 1. The molecule has 27 heavy (non-hydrogen) atoms. The van der Waals surface area contributed by atoms with Crippen LogP contribution in [0.4, 0.5) is 5.69 Å². The number of aryl methyl sites for hydroxylation is 2. The molecule has 0 radical (unpaired) electrons. The molecule has 1 amide bonds. The Morgan fingerprint density at radius 3 is 1.89 bits per heavy atom. The van der Waals surface area contributed by atoms with Crippen LogP contribution >= 0.6 is 0 Å². The minimum Gasteiger partial charge on any atom is -0.326 e. The molecule has 0 fully saturated rings. The Morgan fingerprint density at radius 1 is 0.815 bits per heavy atom. The molecule has 0 unspecified atom stereocenters. The van der Waals surface area contributed by atoms with Crippen LogP contribution in [-0.2, 0) is 4.79 Å². The van der Waals surface area contributed by atoms with Crippen molar-refractivity contribution in [1.29, 1.82) is 0 Å². The number of benzene rings is 3. The number of rotatable bonds is 2. The number of hydrogen-bond donors (Lipinski definition) is 1. The van der Waals surface area contributed by atoms with Crippen LogP contribution in [0.3, 0.4) is 0 Å². The van der Waals surface area contributed by atoms with Gasteiger partial charge in [-0.15, -0.1) is 0 Å². The highest BCUT2D eigenvalue weighted by Crippen LogP contribution is 2.55. The molecule has 1 N–H and O–H groups in total. The van der Waals surface area contributed by atoms with Gasteiger partial charge >= 0.3 is 0 Å². The second kappa shape index (κ2) is 6.09. The molecule has 2 heteroatoms. The van der Waals surface area contributed by atoms with Crippen LogP contribution in [0.25, 0.3) is 0 Å². The Kier molecular flexibility index (Phi) is 3.68. The summed E-state index contributed by atoms with van der Waals surface area (Å²) in [6.45, 7) is 4.13. The van der Waals surface area contributed by atoms with Gasteiger partial charge in [0.25, 0.3) is 0 Å². The van der Waals surface area contributed by atoms with Gasteiger partial charge in [-0.25, -0.2) is 0 Å². The minimum absolute atomic E-state index is 0.0272. The van der Waals surface area contributed by atoms with Crippen LogP contribution < -0.4 is 5.32 Å². The molecule has 0 heterocycles. The Bertz CT molecular complexity index is 984. The summed E-state index contributed by atoms with van der Waals surface area (Å²) >= 11 is 0. The normalized spacial score (nSPS) is 22.1. The van der Waals surface area contributed by atoms with Gasteiger partial charge in [-0.2, -0.15) is 0 Å². The first-order valence-corrected chi connectivity index (χ1v) is 9.68. The van der Waals surface area contributed by atoms with Crippen molar-refractivity contribution < 1.29 is 4.79 Å². The zero-order valence-electron chi connectivity index (χ0n) is 15.7. The van der Waals surface area contributed by atoms with E-state index >= 15 is 0 Å². The molecule has 134 valence electrons. The van der Waals surface area contributed by atoms with Gasteiger partial charge in [0, 0.05) is 17.5 Å². The van der Waals surface area contributed by atoms with Crippen molar-refractivity contribution in [3.05, 3.63) is 100 Å². The van der Waals surface area contributed by atoms with Crippen LogP contribution in [0.1, 0.15) is 51.6 Å². The van der Waals surface area contributed by atoms with Crippen molar-refractivity contribution in [3.8, 4) is 0 Å². The third-order valence-electron chi connectivity index (χ3n) is 6.13. The van der Waals surface area contributed by atoms with Gasteiger partial charge in [0.2, 0.25) is 5.91 Å². The number of hydrogen-bond acceptors (Lipinski definition) is 1. The van der Waals surface area contributed by atoms with Gasteiger partial charge in [0.1, 0.15) is 0 Å². The Morgan fingerprint density at radius 2 is 1.33 bits per heavy atom. The summed E-state index contributed by atoms with van der Waals surface area (Å²) in [6, 6.07) is 23.5. The minimum atomic E-state index is -0.0272. The molecule has 0 aromatic heterocycles. The van der Waals surface area contributed by atoms with E-state index in [-0.39, 0.29) is 17.7 Å². The van der Waals surface area contributed by atoms with Gasteiger partial charge in [0.05, 0.1) is 5.92 Å². The molecule has 3 aliphatic rings. The largest absolute Gasteiger partial charge is 0.326 e. The predicted octanol–water partition coefficient (Wildman–Crippen LogP) is 5.54.